The summed E-state index contributed by atoms with van der Waals surface area (Å²) in [4.78, 5) is 27.1. The molecule has 110 valence electrons. The van der Waals surface area contributed by atoms with Gasteiger partial charge in [-0.3, -0.25) is 14.6 Å². The molecule has 0 saturated carbocycles. The standard InChI is InChI=1S/C15H23N3O2/c1-3-4-7-13(12-6-5-10-17-11-12)18-15(20)9-8-14(19)16-2/h5-6,10-11,13H,3-4,7-9H2,1-2H3,(H,16,19)(H,18,20). The number of nitrogens with one attached hydrogen (secondary N) is 2. The van der Waals surface area contributed by atoms with Gasteiger partial charge in [-0.15, -0.1) is 0 Å². The van der Waals surface area contributed by atoms with E-state index in [1.54, 1.807) is 19.4 Å². The van der Waals surface area contributed by atoms with Crippen molar-refractivity contribution in [3.8, 4) is 0 Å². The van der Waals surface area contributed by atoms with Gasteiger partial charge in [0.2, 0.25) is 11.8 Å². The SMILES string of the molecule is CCCCC(NC(=O)CCC(=O)NC)c1cccnc1. The van der Waals surface area contributed by atoms with Crippen LogP contribution in [-0.2, 0) is 9.59 Å². The van der Waals surface area contributed by atoms with Crippen molar-refractivity contribution >= 4 is 11.8 Å². The Morgan fingerprint density at radius 2 is 2.05 bits per heavy atom. The molecule has 20 heavy (non-hydrogen) atoms. The predicted octanol–water partition coefficient (Wildman–Crippen LogP) is 1.96. The third-order valence-corrected chi connectivity index (χ3v) is 3.13. The first kappa shape index (κ1) is 16.1. The fourth-order valence-corrected chi connectivity index (χ4v) is 1.93. The monoisotopic (exact) mass is 277 g/mol. The maximum absolute atomic E-state index is 11.9. The van der Waals surface area contributed by atoms with Crippen molar-refractivity contribution in [3.63, 3.8) is 0 Å². The van der Waals surface area contributed by atoms with Crippen molar-refractivity contribution in [2.45, 2.75) is 45.1 Å². The molecule has 5 nitrogen and oxygen atoms in total. The maximum Gasteiger partial charge on any atom is 0.220 e. The molecular formula is C15H23N3O2. The molecule has 1 unspecified atom stereocenters. The van der Waals surface area contributed by atoms with Gasteiger partial charge in [-0.1, -0.05) is 25.8 Å². The van der Waals surface area contributed by atoms with Crippen LogP contribution < -0.4 is 10.6 Å². The Morgan fingerprint density at radius 3 is 2.65 bits per heavy atom. The Morgan fingerprint density at radius 1 is 1.30 bits per heavy atom. The summed E-state index contributed by atoms with van der Waals surface area (Å²) in [6, 6.07) is 3.80. The lowest BCUT2D eigenvalue weighted by Gasteiger charge is -2.18. The second-order valence-electron chi connectivity index (χ2n) is 4.72. The van der Waals surface area contributed by atoms with E-state index in [1.807, 2.05) is 12.1 Å². The summed E-state index contributed by atoms with van der Waals surface area (Å²) in [6.07, 6.45) is 6.92. The number of amides is 2. The molecule has 0 radical (unpaired) electrons. The summed E-state index contributed by atoms with van der Waals surface area (Å²) in [7, 11) is 1.57. The Hall–Kier alpha value is -1.91. The number of hydrogen-bond acceptors (Lipinski definition) is 3. The highest BCUT2D eigenvalue weighted by Gasteiger charge is 2.14. The molecule has 0 saturated heterocycles. The number of aromatic nitrogens is 1. The maximum atomic E-state index is 11.9. The Balaban J connectivity index is 2.56. The van der Waals surface area contributed by atoms with E-state index < -0.39 is 0 Å². The molecule has 1 aromatic heterocycles. The third-order valence-electron chi connectivity index (χ3n) is 3.13. The lowest BCUT2D eigenvalue weighted by Crippen LogP contribution is -2.30. The van der Waals surface area contributed by atoms with E-state index in [1.165, 1.54) is 0 Å². The van der Waals surface area contributed by atoms with Crippen LogP contribution in [0.5, 0.6) is 0 Å². The molecule has 1 aromatic rings. The van der Waals surface area contributed by atoms with E-state index in [2.05, 4.69) is 22.5 Å². The van der Waals surface area contributed by atoms with Gasteiger partial charge < -0.3 is 10.6 Å². The first-order chi connectivity index (χ1) is 9.67. The molecule has 1 heterocycles. The number of rotatable bonds is 8. The van der Waals surface area contributed by atoms with Crippen molar-refractivity contribution in [3.05, 3.63) is 30.1 Å². The van der Waals surface area contributed by atoms with Crippen molar-refractivity contribution in [2.75, 3.05) is 7.05 Å². The van der Waals surface area contributed by atoms with Crippen molar-refractivity contribution < 1.29 is 9.59 Å². The second kappa shape index (κ2) is 9.07. The number of hydrogen-bond donors (Lipinski definition) is 2. The summed E-state index contributed by atoms with van der Waals surface area (Å²) in [5, 5.41) is 5.50. The van der Waals surface area contributed by atoms with E-state index in [4.69, 9.17) is 0 Å². The highest BCUT2D eigenvalue weighted by Crippen LogP contribution is 2.18. The highest BCUT2D eigenvalue weighted by atomic mass is 16.2. The molecule has 2 amide bonds. The average Bonchev–Trinajstić information content (AvgIpc) is 2.49. The zero-order valence-corrected chi connectivity index (χ0v) is 12.2. The molecule has 5 heteroatoms. The largest absolute Gasteiger partial charge is 0.359 e. The number of unbranched alkanes of at least 4 members (excludes halogenated alkanes) is 1. The van der Waals surface area contributed by atoms with Gasteiger partial charge in [-0.05, 0) is 18.1 Å². The van der Waals surface area contributed by atoms with Crippen molar-refractivity contribution in [1.82, 2.24) is 15.6 Å². The normalized spacial score (nSPS) is 11.7. The summed E-state index contributed by atoms with van der Waals surface area (Å²) >= 11 is 0. The number of pyridine rings is 1. The van der Waals surface area contributed by atoms with Crippen LogP contribution in [0.4, 0.5) is 0 Å². The molecule has 0 aliphatic heterocycles. The molecule has 0 aliphatic carbocycles. The van der Waals surface area contributed by atoms with E-state index >= 15 is 0 Å². The van der Waals surface area contributed by atoms with Gasteiger partial charge in [0, 0.05) is 32.3 Å². The summed E-state index contributed by atoms with van der Waals surface area (Å²) < 4.78 is 0. The number of carbonyl (C=O) groups is 2. The molecule has 0 aromatic carbocycles. The van der Waals surface area contributed by atoms with Crippen LogP contribution in [-0.4, -0.2) is 23.8 Å². The second-order valence-corrected chi connectivity index (χ2v) is 4.72. The van der Waals surface area contributed by atoms with E-state index in [0.717, 1.165) is 24.8 Å². The highest BCUT2D eigenvalue weighted by molar-refractivity contribution is 5.83. The van der Waals surface area contributed by atoms with E-state index in [9.17, 15) is 9.59 Å². The van der Waals surface area contributed by atoms with Crippen molar-refractivity contribution in [2.24, 2.45) is 0 Å². The van der Waals surface area contributed by atoms with Gasteiger partial charge in [-0.25, -0.2) is 0 Å². The predicted molar refractivity (Wildman–Crippen MR) is 77.9 cm³/mol. The van der Waals surface area contributed by atoms with Crippen LogP contribution in [0.15, 0.2) is 24.5 Å². The lowest BCUT2D eigenvalue weighted by atomic mass is 10.0. The Bertz CT molecular complexity index is 420. The van der Waals surface area contributed by atoms with Crippen LogP contribution in [0.3, 0.4) is 0 Å². The Kier molecular flexibility index (Phi) is 7.32. The van der Waals surface area contributed by atoms with Gasteiger partial charge in [0.15, 0.2) is 0 Å². The topological polar surface area (TPSA) is 71.1 Å². The van der Waals surface area contributed by atoms with Crippen LogP contribution in [0.2, 0.25) is 0 Å². The average molecular weight is 277 g/mol. The molecule has 1 rings (SSSR count). The number of carbonyl (C=O) groups excluding carboxylic acids is 2. The van der Waals surface area contributed by atoms with Gasteiger partial charge in [0.25, 0.3) is 0 Å². The summed E-state index contributed by atoms with van der Waals surface area (Å²) in [5.74, 6) is -0.217. The van der Waals surface area contributed by atoms with Crippen molar-refractivity contribution in [1.29, 1.82) is 0 Å². The molecule has 1 atom stereocenters. The Labute approximate surface area is 120 Å². The fourth-order valence-electron chi connectivity index (χ4n) is 1.93. The van der Waals surface area contributed by atoms with Crippen LogP contribution >= 0.6 is 0 Å². The minimum atomic E-state index is -0.119. The smallest absolute Gasteiger partial charge is 0.220 e. The van der Waals surface area contributed by atoms with Crippen LogP contribution in [0.25, 0.3) is 0 Å². The zero-order chi connectivity index (χ0) is 14.8. The minimum absolute atomic E-state index is 0.0270. The molecular weight excluding hydrogens is 254 g/mol. The third kappa shape index (κ3) is 5.82. The molecule has 0 fully saturated rings. The van der Waals surface area contributed by atoms with E-state index in [-0.39, 0.29) is 30.7 Å². The van der Waals surface area contributed by atoms with Gasteiger partial charge in [0.05, 0.1) is 6.04 Å². The zero-order valence-electron chi connectivity index (χ0n) is 12.2. The summed E-state index contributed by atoms with van der Waals surface area (Å²) in [6.45, 7) is 2.12. The molecule has 0 aliphatic rings. The number of nitrogens with zero attached hydrogens (tertiary/aromatic N) is 1. The molecule has 0 spiro atoms. The first-order valence-corrected chi connectivity index (χ1v) is 7.07. The van der Waals surface area contributed by atoms with Crippen LogP contribution in [0, 0.1) is 0 Å². The van der Waals surface area contributed by atoms with Gasteiger partial charge in [0.1, 0.15) is 0 Å². The fraction of sp³-hybridized carbons (Fsp3) is 0.533. The first-order valence-electron chi connectivity index (χ1n) is 7.07. The van der Waals surface area contributed by atoms with Crippen LogP contribution in [0.1, 0.15) is 50.6 Å². The van der Waals surface area contributed by atoms with Gasteiger partial charge >= 0.3 is 0 Å². The summed E-state index contributed by atoms with van der Waals surface area (Å²) in [5.41, 5.74) is 1.01. The molecule has 2 N–H and O–H groups in total. The van der Waals surface area contributed by atoms with E-state index in [0.29, 0.717) is 0 Å². The lowest BCUT2D eigenvalue weighted by molar-refractivity contribution is -0.126. The quantitative estimate of drug-likeness (QED) is 0.763. The molecule has 0 bridgehead atoms. The minimum Gasteiger partial charge on any atom is -0.359 e. The van der Waals surface area contributed by atoms with Gasteiger partial charge in [-0.2, -0.15) is 0 Å².